The molecule has 0 radical (unpaired) electrons. The van der Waals surface area contributed by atoms with Crippen LogP contribution in [0.1, 0.15) is 16.7 Å². The Kier molecular flexibility index (Phi) is 7.14. The molecular weight excluding hydrogens is 421 g/mol. The monoisotopic (exact) mass is 442 g/mol. The summed E-state index contributed by atoms with van der Waals surface area (Å²) >= 11 is 0. The van der Waals surface area contributed by atoms with Crippen molar-refractivity contribution in [2.45, 2.75) is 20.0 Å². The minimum atomic E-state index is -0.758. The number of halogens is 3. The van der Waals surface area contributed by atoms with Gasteiger partial charge in [-0.3, -0.25) is 10.1 Å². The number of nitro benzene ring substituents is 1. The van der Waals surface area contributed by atoms with Gasteiger partial charge in [-0.2, -0.15) is 0 Å². The predicted octanol–water partition coefficient (Wildman–Crippen LogP) is 6.09. The second-order valence-electron chi connectivity index (χ2n) is 7.12. The van der Waals surface area contributed by atoms with Crippen molar-refractivity contribution in [3.8, 4) is 5.75 Å². The molecule has 0 unspecified atom stereocenters. The van der Waals surface area contributed by atoms with Gasteiger partial charge in [0.2, 0.25) is 0 Å². The maximum Gasteiger partial charge on any atom is 0.274 e. The third-order valence-electron chi connectivity index (χ3n) is 4.94. The molecule has 3 rings (SSSR count). The standard InChI is InChI=1S/C24H21F3N2O3/c1-3-11-32-20-10-8-18(22(27)13-20)15-28(14-17-7-9-19(25)12-21(17)26)23-5-4-6-24(16(23)2)29(30)31/h3-10,12-13H,1,11,14-15H2,2H3. The van der Waals surface area contributed by atoms with Crippen LogP contribution in [-0.2, 0) is 13.1 Å². The second-order valence-corrected chi connectivity index (χ2v) is 7.12. The summed E-state index contributed by atoms with van der Waals surface area (Å²) in [5.41, 5.74) is 1.13. The molecule has 0 saturated heterocycles. The van der Waals surface area contributed by atoms with Crippen molar-refractivity contribution in [2.75, 3.05) is 11.5 Å². The highest BCUT2D eigenvalue weighted by molar-refractivity contribution is 5.62. The molecule has 0 spiro atoms. The molecule has 3 aromatic carbocycles. The first kappa shape index (κ1) is 22.9. The van der Waals surface area contributed by atoms with Gasteiger partial charge >= 0.3 is 0 Å². The van der Waals surface area contributed by atoms with E-state index in [0.29, 0.717) is 17.0 Å². The van der Waals surface area contributed by atoms with E-state index in [1.54, 1.807) is 24.0 Å². The summed E-state index contributed by atoms with van der Waals surface area (Å²) in [5.74, 6) is -1.69. The van der Waals surface area contributed by atoms with Crippen LogP contribution in [0, 0.1) is 34.5 Å². The van der Waals surface area contributed by atoms with Crippen LogP contribution in [0.4, 0.5) is 24.5 Å². The summed E-state index contributed by atoms with van der Waals surface area (Å²) in [7, 11) is 0. The van der Waals surface area contributed by atoms with Crippen LogP contribution < -0.4 is 9.64 Å². The smallest absolute Gasteiger partial charge is 0.274 e. The molecule has 0 aliphatic rings. The van der Waals surface area contributed by atoms with Crippen LogP contribution in [0.25, 0.3) is 0 Å². The Morgan fingerprint density at radius 2 is 1.69 bits per heavy atom. The van der Waals surface area contributed by atoms with Gasteiger partial charge in [-0.15, -0.1) is 0 Å². The molecule has 166 valence electrons. The summed E-state index contributed by atoms with van der Waals surface area (Å²) in [5, 5.41) is 11.4. The third-order valence-corrected chi connectivity index (χ3v) is 4.94. The van der Waals surface area contributed by atoms with E-state index in [1.807, 2.05) is 0 Å². The lowest BCUT2D eigenvalue weighted by molar-refractivity contribution is -0.385. The lowest BCUT2D eigenvalue weighted by atomic mass is 10.1. The molecule has 0 aromatic heterocycles. The maximum atomic E-state index is 14.8. The van der Waals surface area contributed by atoms with Gasteiger partial charge in [-0.05, 0) is 25.1 Å². The van der Waals surface area contributed by atoms with Crippen LogP contribution >= 0.6 is 0 Å². The molecule has 0 fully saturated rings. The van der Waals surface area contributed by atoms with Crippen LogP contribution in [0.2, 0.25) is 0 Å². The third kappa shape index (κ3) is 5.26. The van der Waals surface area contributed by atoms with Gasteiger partial charge in [0.15, 0.2) is 0 Å². The van der Waals surface area contributed by atoms with E-state index >= 15 is 0 Å². The first-order chi connectivity index (χ1) is 15.3. The van der Waals surface area contributed by atoms with E-state index in [1.165, 1.54) is 36.4 Å². The molecule has 0 bridgehead atoms. The zero-order valence-corrected chi connectivity index (χ0v) is 17.4. The topological polar surface area (TPSA) is 55.6 Å². The summed E-state index contributed by atoms with van der Waals surface area (Å²) in [6.07, 6.45) is 1.54. The number of hydrogen-bond acceptors (Lipinski definition) is 4. The number of nitrogens with zero attached hydrogens (tertiary/aromatic N) is 2. The largest absolute Gasteiger partial charge is 0.489 e. The predicted molar refractivity (Wildman–Crippen MR) is 116 cm³/mol. The summed E-state index contributed by atoms with van der Waals surface area (Å²) < 4.78 is 47.8. The van der Waals surface area contributed by atoms with Crippen LogP contribution in [-0.4, -0.2) is 11.5 Å². The van der Waals surface area contributed by atoms with E-state index in [9.17, 15) is 23.3 Å². The Labute approximate surface area is 183 Å². The van der Waals surface area contributed by atoms with Gasteiger partial charge < -0.3 is 9.64 Å². The molecule has 0 saturated carbocycles. The molecular formula is C24H21F3N2O3. The van der Waals surface area contributed by atoms with Gasteiger partial charge in [0.1, 0.15) is 29.8 Å². The highest BCUT2D eigenvalue weighted by Crippen LogP contribution is 2.31. The number of ether oxygens (including phenoxy) is 1. The zero-order valence-electron chi connectivity index (χ0n) is 17.4. The summed E-state index contributed by atoms with van der Waals surface area (Å²) in [4.78, 5) is 12.5. The highest BCUT2D eigenvalue weighted by Gasteiger charge is 2.20. The average molecular weight is 442 g/mol. The quantitative estimate of drug-likeness (QED) is 0.229. The lowest BCUT2D eigenvalue weighted by Crippen LogP contribution is -2.24. The minimum Gasteiger partial charge on any atom is -0.489 e. The summed E-state index contributed by atoms with van der Waals surface area (Å²) in [6, 6.07) is 12.1. The molecule has 32 heavy (non-hydrogen) atoms. The van der Waals surface area contributed by atoms with Crippen LogP contribution in [0.3, 0.4) is 0 Å². The van der Waals surface area contributed by atoms with E-state index in [2.05, 4.69) is 6.58 Å². The Balaban J connectivity index is 2.00. The molecule has 0 aliphatic heterocycles. The number of hydrogen-bond donors (Lipinski definition) is 0. The van der Waals surface area contributed by atoms with Gasteiger partial charge in [0, 0.05) is 48.1 Å². The fraction of sp³-hybridized carbons (Fsp3) is 0.167. The number of anilines is 1. The normalized spacial score (nSPS) is 10.6. The molecule has 3 aromatic rings. The number of rotatable bonds is 9. The molecule has 8 heteroatoms. The van der Waals surface area contributed by atoms with Gasteiger partial charge in [-0.25, -0.2) is 13.2 Å². The number of nitro groups is 1. The Morgan fingerprint density at radius 3 is 2.28 bits per heavy atom. The van der Waals surface area contributed by atoms with Crippen LogP contribution in [0.15, 0.2) is 67.3 Å². The minimum absolute atomic E-state index is 0.00754. The van der Waals surface area contributed by atoms with Crippen molar-refractivity contribution in [3.05, 3.63) is 112 Å². The van der Waals surface area contributed by atoms with Crippen LogP contribution in [0.5, 0.6) is 5.75 Å². The van der Waals surface area contributed by atoms with E-state index in [0.717, 1.165) is 12.1 Å². The molecule has 0 heterocycles. The van der Waals surface area contributed by atoms with E-state index in [-0.39, 0.29) is 36.5 Å². The molecule has 0 N–H and O–H groups in total. The summed E-state index contributed by atoms with van der Waals surface area (Å²) in [6.45, 7) is 5.28. The first-order valence-electron chi connectivity index (χ1n) is 9.75. The van der Waals surface area contributed by atoms with Crippen molar-refractivity contribution in [2.24, 2.45) is 0 Å². The van der Waals surface area contributed by atoms with Gasteiger partial charge in [0.05, 0.1) is 10.5 Å². The Hall–Kier alpha value is -3.81. The molecule has 5 nitrogen and oxygen atoms in total. The molecule has 0 amide bonds. The van der Waals surface area contributed by atoms with E-state index < -0.39 is 22.4 Å². The van der Waals surface area contributed by atoms with Crippen molar-refractivity contribution >= 4 is 11.4 Å². The lowest BCUT2D eigenvalue weighted by Gasteiger charge is -2.27. The van der Waals surface area contributed by atoms with Crippen molar-refractivity contribution in [1.29, 1.82) is 0 Å². The fourth-order valence-corrected chi connectivity index (χ4v) is 3.34. The van der Waals surface area contributed by atoms with E-state index in [4.69, 9.17) is 4.74 Å². The second kappa shape index (κ2) is 10.00. The van der Waals surface area contributed by atoms with Gasteiger partial charge in [0.25, 0.3) is 5.69 Å². The van der Waals surface area contributed by atoms with Crippen molar-refractivity contribution < 1.29 is 22.8 Å². The SMILES string of the molecule is C=CCOc1ccc(CN(Cc2ccc(F)cc2F)c2cccc([N+](=O)[O-])c2C)c(F)c1. The average Bonchev–Trinajstić information content (AvgIpc) is 2.75. The Morgan fingerprint density at radius 1 is 1.03 bits per heavy atom. The molecule has 0 atom stereocenters. The first-order valence-corrected chi connectivity index (χ1v) is 9.75. The highest BCUT2D eigenvalue weighted by atomic mass is 19.1. The van der Waals surface area contributed by atoms with Gasteiger partial charge in [-0.1, -0.05) is 30.9 Å². The van der Waals surface area contributed by atoms with Crippen molar-refractivity contribution in [1.82, 2.24) is 0 Å². The zero-order chi connectivity index (χ0) is 23.3. The van der Waals surface area contributed by atoms with Crippen molar-refractivity contribution in [3.63, 3.8) is 0 Å². The Bertz CT molecular complexity index is 1150. The maximum absolute atomic E-state index is 14.8. The number of benzene rings is 3. The molecule has 0 aliphatic carbocycles. The fourth-order valence-electron chi connectivity index (χ4n) is 3.34.